The summed E-state index contributed by atoms with van der Waals surface area (Å²) in [5.41, 5.74) is -0.903. The molecule has 0 aliphatic carbocycles. The monoisotopic (exact) mass is 737 g/mol. The number of nitrogens with one attached hydrogen (secondary N) is 1. The molecule has 0 saturated carbocycles. The predicted octanol–water partition coefficient (Wildman–Crippen LogP) is 3.83. The maximum Gasteiger partial charge on any atom is 0.409 e. The highest BCUT2D eigenvalue weighted by Gasteiger charge is 2.64. The summed E-state index contributed by atoms with van der Waals surface area (Å²) in [6.07, 6.45) is 1.08. The highest BCUT2D eigenvalue weighted by molar-refractivity contribution is 7.80. The van der Waals surface area contributed by atoms with Gasteiger partial charge in [0.2, 0.25) is 11.8 Å². The number of aliphatic hydroxyl groups is 1. The molecule has 1 aromatic carbocycles. The smallest absolute Gasteiger partial charge is 0.409 e. The van der Waals surface area contributed by atoms with Gasteiger partial charge in [0.25, 0.3) is 0 Å². The highest BCUT2D eigenvalue weighted by atomic mass is 35.5. The van der Waals surface area contributed by atoms with Crippen LogP contribution in [0.25, 0.3) is 0 Å². The van der Waals surface area contributed by atoms with E-state index in [0.29, 0.717) is 23.6 Å². The summed E-state index contributed by atoms with van der Waals surface area (Å²) < 4.78 is 29.0. The van der Waals surface area contributed by atoms with Gasteiger partial charge in [0.15, 0.2) is 5.72 Å². The lowest BCUT2D eigenvalue weighted by Crippen LogP contribution is -2.63. The van der Waals surface area contributed by atoms with Crippen molar-refractivity contribution in [3.63, 3.8) is 0 Å². The Balaban J connectivity index is 1.78. The Bertz CT molecular complexity index is 1540. The second-order valence-corrected chi connectivity index (χ2v) is 14.2. The van der Waals surface area contributed by atoms with Crippen LogP contribution in [0.4, 0.5) is 10.5 Å². The zero-order valence-electron chi connectivity index (χ0n) is 29.7. The van der Waals surface area contributed by atoms with Crippen molar-refractivity contribution in [3.05, 3.63) is 46.5 Å². The topological polar surface area (TPSA) is 156 Å². The van der Waals surface area contributed by atoms with E-state index in [1.54, 1.807) is 45.2 Å². The molecule has 3 aliphatic rings. The first-order valence-corrected chi connectivity index (χ1v) is 17.5. The first-order chi connectivity index (χ1) is 23.5. The van der Waals surface area contributed by atoms with Crippen molar-refractivity contribution in [1.82, 2.24) is 10.2 Å². The number of halogens is 1. The fourth-order valence-corrected chi connectivity index (χ4v) is 6.99. The number of fused-ring (bicyclic) bond motifs is 5. The first-order valence-electron chi connectivity index (χ1n) is 16.4. The van der Waals surface area contributed by atoms with Crippen molar-refractivity contribution in [1.29, 1.82) is 0 Å². The van der Waals surface area contributed by atoms with E-state index in [9.17, 15) is 24.3 Å². The molecule has 0 spiro atoms. The minimum Gasteiger partial charge on any atom is -0.495 e. The molecule has 50 heavy (non-hydrogen) atoms. The number of rotatable bonds is 7. The average Bonchev–Trinajstić information content (AvgIpc) is 3.76. The fraction of sp³-hybridized carbons (Fsp3) is 0.600. The lowest BCUT2D eigenvalue weighted by Gasteiger charge is -2.42. The summed E-state index contributed by atoms with van der Waals surface area (Å²) in [5.74, 6) is -1.30. The predicted molar refractivity (Wildman–Crippen MR) is 189 cm³/mol. The van der Waals surface area contributed by atoms with Gasteiger partial charge < -0.3 is 38.6 Å². The summed E-state index contributed by atoms with van der Waals surface area (Å²) >= 11 is 10.8. The molecule has 0 aromatic heterocycles. The number of methoxy groups -OCH3 is 2. The number of epoxide rings is 1. The number of alkyl carbamates (subject to hydrolysis) is 1. The summed E-state index contributed by atoms with van der Waals surface area (Å²) in [5, 5.41) is 14.4. The quantitative estimate of drug-likeness (QED) is 0.214. The van der Waals surface area contributed by atoms with Gasteiger partial charge >= 0.3 is 12.1 Å². The van der Waals surface area contributed by atoms with Crippen LogP contribution in [0.3, 0.4) is 0 Å². The van der Waals surface area contributed by atoms with Crippen LogP contribution in [0.15, 0.2) is 35.9 Å². The molecular formula is C35H48ClN3O10S. The molecule has 8 atom stereocenters. The van der Waals surface area contributed by atoms with Crippen LogP contribution in [0, 0.1) is 5.92 Å². The number of hydrogen-bond acceptors (Lipinski definition) is 11. The Labute approximate surface area is 303 Å². The van der Waals surface area contributed by atoms with Gasteiger partial charge in [-0.05, 0) is 50.6 Å². The molecule has 2 saturated heterocycles. The van der Waals surface area contributed by atoms with Crippen LogP contribution in [0.1, 0.15) is 52.5 Å². The molecule has 0 radical (unpaired) electrons. The molecule has 276 valence electrons. The van der Waals surface area contributed by atoms with E-state index in [0.717, 1.165) is 11.1 Å². The normalized spacial score (nSPS) is 32.3. The fourth-order valence-electron chi connectivity index (χ4n) is 6.49. The minimum absolute atomic E-state index is 0.0489. The van der Waals surface area contributed by atoms with E-state index < -0.39 is 65.7 Å². The van der Waals surface area contributed by atoms with Crippen LogP contribution >= 0.6 is 24.2 Å². The van der Waals surface area contributed by atoms with Crippen LogP contribution < -0.4 is 15.0 Å². The van der Waals surface area contributed by atoms with Gasteiger partial charge in [0.05, 0.1) is 25.3 Å². The number of amides is 3. The summed E-state index contributed by atoms with van der Waals surface area (Å²) in [4.78, 5) is 55.6. The molecule has 2 N–H and O–H groups in total. The van der Waals surface area contributed by atoms with Gasteiger partial charge in [-0.1, -0.05) is 42.3 Å². The van der Waals surface area contributed by atoms with E-state index in [2.05, 4.69) is 17.9 Å². The van der Waals surface area contributed by atoms with Gasteiger partial charge in [-0.2, -0.15) is 12.6 Å². The zero-order chi connectivity index (χ0) is 37.1. The SMILES string of the molecule is COc1cc2cc(c1Cl)N(C)C(=O)C[C@@H](OC(=O)[C@H](C)N(C)C(=O)CCS)[C@]1(C)OC1[C@H](C)[C@@H]1C[C@@](O)(NC(=O)O1)C(OC)/C=C\C=C(/C)C2. The number of benzene rings is 1. The summed E-state index contributed by atoms with van der Waals surface area (Å²) in [7, 11) is 5.98. The van der Waals surface area contributed by atoms with Crippen LogP contribution in [-0.4, -0.2) is 110 Å². The van der Waals surface area contributed by atoms with Gasteiger partial charge in [-0.15, -0.1) is 0 Å². The van der Waals surface area contributed by atoms with E-state index in [-0.39, 0.29) is 30.2 Å². The third-order valence-corrected chi connectivity index (χ3v) is 10.5. The Morgan fingerprint density at radius 2 is 1.98 bits per heavy atom. The number of allylic oxidation sites excluding steroid dienone is 3. The lowest BCUT2D eigenvalue weighted by molar-refractivity contribution is -0.161. The van der Waals surface area contributed by atoms with Gasteiger partial charge in [-0.3, -0.25) is 14.9 Å². The van der Waals surface area contributed by atoms with Crippen molar-refractivity contribution >= 4 is 53.8 Å². The van der Waals surface area contributed by atoms with Crippen LogP contribution in [-0.2, 0) is 39.8 Å². The van der Waals surface area contributed by atoms with Crippen molar-refractivity contribution < 1.29 is 48.0 Å². The number of esters is 1. The Morgan fingerprint density at radius 3 is 2.62 bits per heavy atom. The van der Waals surface area contributed by atoms with Gasteiger partial charge in [0.1, 0.15) is 40.7 Å². The van der Waals surface area contributed by atoms with Gasteiger partial charge in [0, 0.05) is 40.0 Å². The number of carbonyl (C=O) groups is 4. The lowest BCUT2D eigenvalue weighted by atomic mass is 9.83. The number of thiol groups is 1. The molecule has 4 rings (SSSR count). The van der Waals surface area contributed by atoms with Crippen molar-refractivity contribution in [2.45, 2.75) is 95.2 Å². The number of anilines is 1. The zero-order valence-corrected chi connectivity index (χ0v) is 31.4. The van der Waals surface area contributed by atoms with E-state index in [4.69, 9.17) is 35.3 Å². The molecule has 15 heteroatoms. The maximum atomic E-state index is 14.0. The molecule has 3 amide bonds. The van der Waals surface area contributed by atoms with Crippen LogP contribution in [0.5, 0.6) is 5.75 Å². The Hall–Kier alpha value is -3.30. The molecule has 3 heterocycles. The number of carbonyl (C=O) groups excluding carboxylic acids is 4. The third-order valence-electron chi connectivity index (χ3n) is 9.85. The maximum absolute atomic E-state index is 14.0. The Morgan fingerprint density at radius 1 is 1.28 bits per heavy atom. The standard InChI is InChI=1S/C35H48ClN3O10S/c1-19-10-9-11-26(46-8)35(44)18-25(47-33(43)37-35)20(2)31-34(4,49-31)27(48-32(42)21(3)38(5)28(40)12-13-50)17-29(41)39(6)23-15-22(14-19)16-24(45-7)30(23)36/h9-11,15-16,20-21,25-27,31,44,50H,12-14,17-18H2,1-8H3,(H,37,43)/b11-9-,19-10+/t20-,21+,25+,26?,27-,31?,34+,35+/m1/s1. The average molecular weight is 738 g/mol. The van der Waals surface area contributed by atoms with E-state index >= 15 is 0 Å². The second kappa shape index (κ2) is 15.9. The van der Waals surface area contributed by atoms with Crippen LogP contribution in [0.2, 0.25) is 5.02 Å². The minimum atomic E-state index is -1.82. The van der Waals surface area contributed by atoms with Crippen molar-refractivity contribution in [3.8, 4) is 5.75 Å². The second-order valence-electron chi connectivity index (χ2n) is 13.4. The molecule has 4 bridgehead atoms. The molecule has 3 aliphatic heterocycles. The van der Waals surface area contributed by atoms with E-state index in [1.807, 2.05) is 13.0 Å². The highest BCUT2D eigenvalue weighted by Crippen LogP contribution is 2.49. The molecule has 1 aromatic rings. The summed E-state index contributed by atoms with van der Waals surface area (Å²) in [6, 6.07) is 2.60. The largest absolute Gasteiger partial charge is 0.495 e. The van der Waals surface area contributed by atoms with Gasteiger partial charge in [-0.25, -0.2) is 9.59 Å². The number of nitrogens with zero attached hydrogens (tertiary/aromatic N) is 2. The van der Waals surface area contributed by atoms with E-state index in [1.165, 1.54) is 38.0 Å². The Kier molecular flexibility index (Phi) is 12.6. The number of likely N-dealkylation sites (N-methyl/N-ethyl adjacent to an activating group) is 1. The third kappa shape index (κ3) is 8.42. The van der Waals surface area contributed by atoms with Crippen molar-refractivity contribution in [2.24, 2.45) is 5.92 Å². The summed E-state index contributed by atoms with van der Waals surface area (Å²) in [6.45, 7) is 6.96. The number of hydrogen-bond donors (Lipinski definition) is 3. The first kappa shape index (κ1) is 39.5. The molecule has 2 unspecified atom stereocenters. The molecule has 13 nitrogen and oxygen atoms in total. The molecule has 2 fully saturated rings. The van der Waals surface area contributed by atoms with Crippen molar-refractivity contribution in [2.75, 3.05) is 39.0 Å². The molecular weight excluding hydrogens is 690 g/mol. The number of ether oxygens (including phenoxy) is 5.